The molecule has 0 heterocycles. The third-order valence-corrected chi connectivity index (χ3v) is 4.65. The quantitative estimate of drug-likeness (QED) is 0.118. The van der Waals surface area contributed by atoms with E-state index < -0.39 is 23.8 Å². The monoisotopic (exact) mass is 484 g/mol. The summed E-state index contributed by atoms with van der Waals surface area (Å²) in [5, 5.41) is 19.9. The van der Waals surface area contributed by atoms with E-state index in [0.717, 1.165) is 0 Å². The van der Waals surface area contributed by atoms with E-state index in [1.807, 2.05) is 0 Å². The summed E-state index contributed by atoms with van der Waals surface area (Å²) >= 11 is 0. The van der Waals surface area contributed by atoms with Gasteiger partial charge in [0.1, 0.15) is 0 Å². The molecule has 0 aromatic heterocycles. The van der Waals surface area contributed by atoms with Crippen LogP contribution in [0.1, 0.15) is 20.7 Å². The summed E-state index contributed by atoms with van der Waals surface area (Å²) in [6, 6.07) is 10.7. The van der Waals surface area contributed by atoms with Gasteiger partial charge >= 0.3 is 0 Å². The predicted molar refractivity (Wildman–Crippen MR) is 122 cm³/mol. The van der Waals surface area contributed by atoms with E-state index in [4.69, 9.17) is 19.3 Å². The Kier molecular flexibility index (Phi) is 11.5. The molecule has 0 radical (unpaired) electrons. The van der Waals surface area contributed by atoms with E-state index >= 15 is 0 Å². The zero-order chi connectivity index (χ0) is 25.5. The minimum Gasteiger partial charge on any atom is -0.394 e. The lowest BCUT2D eigenvalue weighted by Crippen LogP contribution is -2.51. The smallest absolute Gasteiger partial charge is 0.240 e. The first-order chi connectivity index (χ1) is 17.0. The number of aliphatic hydroxyl groups is 2. The molecule has 0 spiro atoms. The van der Waals surface area contributed by atoms with Crippen molar-refractivity contribution < 1.29 is 43.6 Å². The van der Waals surface area contributed by atoms with E-state index in [1.54, 1.807) is 0 Å². The van der Waals surface area contributed by atoms with Gasteiger partial charge in [0.25, 0.3) is 0 Å². The molecule has 0 aliphatic carbocycles. The van der Waals surface area contributed by atoms with Crippen molar-refractivity contribution in [3.8, 4) is 0 Å². The first-order valence-corrected chi connectivity index (χ1v) is 10.5. The SMILES string of the molecule is O=C=Nc1ccc(C(=O)C(O)(COCCOCCOCCO)C(=O)c2ccc(N=C=O)cc2)cc1. The molecule has 35 heavy (non-hydrogen) atoms. The summed E-state index contributed by atoms with van der Waals surface area (Å²) in [6.07, 6.45) is 2.76. The Morgan fingerprint density at radius 1 is 0.714 bits per heavy atom. The number of isocyanates is 2. The Labute approximate surface area is 200 Å². The molecule has 0 amide bonds. The van der Waals surface area contributed by atoms with Gasteiger partial charge in [0.05, 0.1) is 57.6 Å². The molecular formula is C24H24N2O9. The average molecular weight is 484 g/mol. The number of aliphatic hydroxyl groups excluding tert-OH is 1. The second-order valence-electron chi connectivity index (χ2n) is 7.02. The van der Waals surface area contributed by atoms with Crippen LogP contribution in [0.15, 0.2) is 58.5 Å². The van der Waals surface area contributed by atoms with Crippen LogP contribution < -0.4 is 0 Å². The molecule has 0 atom stereocenters. The molecular weight excluding hydrogens is 460 g/mol. The van der Waals surface area contributed by atoms with Crippen molar-refractivity contribution in [2.45, 2.75) is 5.60 Å². The van der Waals surface area contributed by atoms with Crippen molar-refractivity contribution in [2.75, 3.05) is 46.2 Å². The number of nitrogens with zero attached hydrogens (tertiary/aromatic N) is 2. The summed E-state index contributed by atoms with van der Waals surface area (Å²) in [5.41, 5.74) is -2.10. The maximum atomic E-state index is 13.2. The van der Waals surface area contributed by atoms with Crippen molar-refractivity contribution >= 4 is 35.1 Å². The largest absolute Gasteiger partial charge is 0.394 e. The van der Waals surface area contributed by atoms with E-state index in [0.29, 0.717) is 0 Å². The highest BCUT2D eigenvalue weighted by molar-refractivity contribution is 6.22. The lowest BCUT2D eigenvalue weighted by molar-refractivity contribution is -0.0346. The van der Waals surface area contributed by atoms with E-state index in [1.165, 1.54) is 60.7 Å². The zero-order valence-electron chi connectivity index (χ0n) is 18.7. The van der Waals surface area contributed by atoms with Crippen LogP contribution >= 0.6 is 0 Å². The van der Waals surface area contributed by atoms with Crippen LogP contribution in [0.2, 0.25) is 0 Å². The minimum atomic E-state index is -2.57. The minimum absolute atomic E-state index is 0.00578. The summed E-state index contributed by atoms with van der Waals surface area (Å²) in [6.45, 7) is 0.0520. The summed E-state index contributed by atoms with van der Waals surface area (Å²) in [4.78, 5) is 54.1. The Balaban J connectivity index is 2.15. The number of rotatable bonds is 16. The highest BCUT2D eigenvalue weighted by Crippen LogP contribution is 2.23. The Morgan fingerprint density at radius 2 is 1.11 bits per heavy atom. The van der Waals surface area contributed by atoms with Crippen LogP contribution in [0.5, 0.6) is 0 Å². The zero-order valence-corrected chi connectivity index (χ0v) is 18.7. The molecule has 0 saturated heterocycles. The van der Waals surface area contributed by atoms with Crippen LogP contribution in [-0.2, 0) is 23.8 Å². The molecule has 0 bridgehead atoms. The lowest BCUT2D eigenvalue weighted by Gasteiger charge is -2.25. The predicted octanol–water partition coefficient (Wildman–Crippen LogP) is 1.46. The number of ketones is 2. The third-order valence-electron chi connectivity index (χ3n) is 4.65. The molecule has 0 unspecified atom stereocenters. The van der Waals surface area contributed by atoms with Gasteiger partial charge in [0.15, 0.2) is 0 Å². The number of carbonyl (C=O) groups excluding carboxylic acids is 4. The molecule has 2 rings (SSSR count). The average Bonchev–Trinajstić information content (AvgIpc) is 2.88. The first kappa shape index (κ1) is 27.6. The van der Waals surface area contributed by atoms with Gasteiger partial charge in [-0.15, -0.1) is 0 Å². The standard InChI is InChI=1S/C24H24N2O9/c27-9-10-33-11-12-34-13-14-35-15-24(32,22(30)18-1-5-20(6-2-18)25-16-28)23(31)19-3-7-21(8-4-19)26-17-29/h1-8,27,32H,9-15H2. The molecule has 0 fully saturated rings. The van der Waals surface area contributed by atoms with Gasteiger partial charge in [0.2, 0.25) is 29.3 Å². The van der Waals surface area contributed by atoms with Gasteiger partial charge in [0, 0.05) is 11.1 Å². The second kappa shape index (κ2) is 14.6. The van der Waals surface area contributed by atoms with Crippen molar-refractivity contribution in [3.05, 3.63) is 59.7 Å². The summed E-state index contributed by atoms with van der Waals surface area (Å²) in [5.74, 6) is -1.84. The van der Waals surface area contributed by atoms with Crippen molar-refractivity contribution in [3.63, 3.8) is 0 Å². The maximum Gasteiger partial charge on any atom is 0.240 e. The fourth-order valence-electron chi connectivity index (χ4n) is 2.92. The topological polar surface area (TPSA) is 161 Å². The number of hydrogen-bond acceptors (Lipinski definition) is 11. The second-order valence-corrected chi connectivity index (χ2v) is 7.02. The molecule has 0 aliphatic heterocycles. The molecule has 184 valence electrons. The highest BCUT2D eigenvalue weighted by Gasteiger charge is 2.45. The summed E-state index contributed by atoms with van der Waals surface area (Å²) in [7, 11) is 0. The van der Waals surface area contributed by atoms with Gasteiger partial charge < -0.3 is 24.4 Å². The molecule has 2 aromatic carbocycles. The van der Waals surface area contributed by atoms with E-state index in [9.17, 15) is 24.3 Å². The molecule has 11 heteroatoms. The Morgan fingerprint density at radius 3 is 1.51 bits per heavy atom. The number of benzene rings is 2. The van der Waals surface area contributed by atoms with Gasteiger partial charge in [-0.2, -0.15) is 9.98 Å². The van der Waals surface area contributed by atoms with Gasteiger partial charge in [-0.05, 0) is 48.5 Å². The number of Topliss-reactive ketones (excluding diaryl/α,β-unsaturated/α-hetero) is 2. The number of hydrogen-bond donors (Lipinski definition) is 2. The van der Waals surface area contributed by atoms with Gasteiger partial charge in [-0.25, -0.2) is 9.59 Å². The first-order valence-electron chi connectivity index (χ1n) is 10.5. The van der Waals surface area contributed by atoms with E-state index in [-0.39, 0.29) is 62.1 Å². The van der Waals surface area contributed by atoms with Crippen molar-refractivity contribution in [2.24, 2.45) is 9.98 Å². The number of aliphatic imine (C=N–C) groups is 2. The highest BCUT2D eigenvalue weighted by atomic mass is 16.5. The number of ether oxygens (including phenoxy) is 3. The van der Waals surface area contributed by atoms with Crippen molar-refractivity contribution in [1.29, 1.82) is 0 Å². The third kappa shape index (κ3) is 8.25. The summed E-state index contributed by atoms with van der Waals surface area (Å²) < 4.78 is 15.7. The van der Waals surface area contributed by atoms with Crippen LogP contribution in [-0.4, -0.2) is 85.8 Å². The molecule has 0 aliphatic rings. The van der Waals surface area contributed by atoms with Crippen molar-refractivity contribution in [1.82, 2.24) is 0 Å². The van der Waals surface area contributed by atoms with Gasteiger partial charge in [-0.1, -0.05) is 0 Å². The fourth-order valence-corrected chi connectivity index (χ4v) is 2.92. The number of carbonyl (C=O) groups is 2. The Bertz CT molecular complexity index is 998. The van der Waals surface area contributed by atoms with Crippen LogP contribution in [0.25, 0.3) is 0 Å². The van der Waals surface area contributed by atoms with Crippen LogP contribution in [0.4, 0.5) is 11.4 Å². The van der Waals surface area contributed by atoms with Crippen LogP contribution in [0.3, 0.4) is 0 Å². The molecule has 0 saturated carbocycles. The van der Waals surface area contributed by atoms with E-state index in [2.05, 4.69) is 9.98 Å². The van der Waals surface area contributed by atoms with Crippen LogP contribution in [0, 0.1) is 0 Å². The van der Waals surface area contributed by atoms with Gasteiger partial charge in [-0.3, -0.25) is 9.59 Å². The maximum absolute atomic E-state index is 13.2. The normalized spacial score (nSPS) is 12.2. The lowest BCUT2D eigenvalue weighted by atomic mass is 9.86. The Hall–Kier alpha value is -3.66. The molecule has 2 N–H and O–H groups in total. The molecule has 2 aromatic rings. The molecule has 11 nitrogen and oxygen atoms in total. The fraction of sp³-hybridized carbons (Fsp3) is 0.333.